The van der Waals surface area contributed by atoms with Gasteiger partial charge < -0.3 is 13.8 Å². The van der Waals surface area contributed by atoms with E-state index in [4.69, 9.17) is 13.8 Å². The fraction of sp³-hybridized carbons (Fsp3) is 0.850. The molecule has 0 fully saturated rings. The van der Waals surface area contributed by atoms with Crippen LogP contribution in [0.3, 0.4) is 0 Å². The molecular weight excluding hydrogens is 379 g/mol. The lowest BCUT2D eigenvalue weighted by atomic mass is 10.0. The van der Waals surface area contributed by atoms with Crippen LogP contribution in [0.1, 0.15) is 91.3 Å². The van der Waals surface area contributed by atoms with Crippen molar-refractivity contribution in [1.29, 1.82) is 0 Å². The lowest BCUT2D eigenvalue weighted by Gasteiger charge is -2.26. The van der Waals surface area contributed by atoms with Gasteiger partial charge in [-0.2, -0.15) is 4.98 Å². The summed E-state index contributed by atoms with van der Waals surface area (Å²) in [5.41, 5.74) is -1.66. The van der Waals surface area contributed by atoms with Gasteiger partial charge >= 0.3 is 5.97 Å². The molecule has 0 aliphatic heterocycles. The Morgan fingerprint density at radius 2 is 1.89 bits per heavy atom. The number of ether oxygens (including phenoxy) is 1. The highest BCUT2D eigenvalue weighted by Gasteiger charge is 2.40. The second-order valence-corrected chi connectivity index (χ2v) is 11.1. The summed E-state index contributed by atoms with van der Waals surface area (Å²) in [6.07, 6.45) is 5.76. The fourth-order valence-electron chi connectivity index (χ4n) is 2.88. The molecule has 0 saturated heterocycles. The Morgan fingerprint density at radius 1 is 1.21 bits per heavy atom. The van der Waals surface area contributed by atoms with Crippen molar-refractivity contribution in [2.24, 2.45) is 0 Å². The van der Waals surface area contributed by atoms with E-state index in [0.717, 1.165) is 12.8 Å². The molecular formula is C20H37N2O5P. The van der Waals surface area contributed by atoms with Gasteiger partial charge in [-0.05, 0) is 34.1 Å². The average Bonchev–Trinajstić information content (AvgIpc) is 3.03. The summed E-state index contributed by atoms with van der Waals surface area (Å²) in [5, 5.41) is 4.06. The topological polar surface area (TPSA) is 91.5 Å². The van der Waals surface area contributed by atoms with E-state index in [1.807, 2.05) is 0 Å². The van der Waals surface area contributed by atoms with Crippen LogP contribution in [0.4, 0.5) is 0 Å². The molecule has 162 valence electrons. The number of carbonyl (C=O) groups is 1. The second-order valence-electron chi connectivity index (χ2n) is 8.38. The van der Waals surface area contributed by atoms with Crippen LogP contribution in [-0.4, -0.2) is 40.6 Å². The van der Waals surface area contributed by atoms with E-state index < -0.39 is 24.6 Å². The van der Waals surface area contributed by atoms with Gasteiger partial charge in [-0.1, -0.05) is 44.7 Å². The van der Waals surface area contributed by atoms with Gasteiger partial charge in [0.25, 0.3) is 0 Å². The number of carbonyl (C=O) groups excluding carboxylic acids is 1. The molecule has 8 heteroatoms. The van der Waals surface area contributed by atoms with E-state index in [9.17, 15) is 9.36 Å². The monoisotopic (exact) mass is 416 g/mol. The van der Waals surface area contributed by atoms with Crippen molar-refractivity contribution >= 4 is 13.3 Å². The largest absolute Gasteiger partial charge is 0.459 e. The first-order chi connectivity index (χ1) is 13.0. The normalized spacial score (nSPS) is 16.4. The van der Waals surface area contributed by atoms with E-state index in [1.54, 1.807) is 27.7 Å². The first kappa shape index (κ1) is 24.8. The van der Waals surface area contributed by atoms with Crippen LogP contribution in [0.25, 0.3) is 0 Å². The Kier molecular flexibility index (Phi) is 9.85. The third kappa shape index (κ3) is 8.44. The Labute approximate surface area is 169 Å². The summed E-state index contributed by atoms with van der Waals surface area (Å²) in [6, 6.07) is 0. The minimum Gasteiger partial charge on any atom is -0.459 e. The first-order valence-electron chi connectivity index (χ1n) is 10.3. The van der Waals surface area contributed by atoms with E-state index in [-0.39, 0.29) is 24.8 Å². The van der Waals surface area contributed by atoms with Gasteiger partial charge in [0.15, 0.2) is 5.82 Å². The molecule has 0 aliphatic carbocycles. The molecule has 0 amide bonds. The molecule has 0 spiro atoms. The quantitative estimate of drug-likeness (QED) is 0.258. The standard InChI is InChI=1S/C20H37N2O5P/c1-8-10-11-12-13-15(3)18-21-17(27-22-18)14-16(28(7,24)25-9-2)19(23)26-20(4,5)6/h15-16H,8-14H2,1-7H3. The van der Waals surface area contributed by atoms with Crippen molar-refractivity contribution in [2.75, 3.05) is 13.3 Å². The molecule has 7 nitrogen and oxygen atoms in total. The van der Waals surface area contributed by atoms with Crippen molar-refractivity contribution in [2.45, 2.75) is 97.2 Å². The van der Waals surface area contributed by atoms with Gasteiger partial charge in [-0.25, -0.2) is 0 Å². The smallest absolute Gasteiger partial charge is 0.319 e. The Bertz CT molecular complexity index is 653. The van der Waals surface area contributed by atoms with Crippen molar-refractivity contribution < 1.29 is 23.1 Å². The number of hydrogen-bond acceptors (Lipinski definition) is 7. The molecule has 0 aliphatic rings. The van der Waals surface area contributed by atoms with Crippen molar-refractivity contribution in [3.63, 3.8) is 0 Å². The SMILES string of the molecule is CCCCCCC(C)c1noc(CC(C(=O)OC(C)(C)C)P(C)(=O)OCC)n1. The summed E-state index contributed by atoms with van der Waals surface area (Å²) in [6.45, 7) is 13.0. The summed E-state index contributed by atoms with van der Waals surface area (Å²) >= 11 is 0. The first-order valence-corrected chi connectivity index (χ1v) is 12.4. The van der Waals surface area contributed by atoms with E-state index in [0.29, 0.717) is 5.82 Å². The average molecular weight is 416 g/mol. The number of rotatable bonds is 12. The van der Waals surface area contributed by atoms with Crippen molar-refractivity contribution in [1.82, 2.24) is 10.1 Å². The molecule has 1 rings (SSSR count). The Morgan fingerprint density at radius 3 is 2.46 bits per heavy atom. The predicted octanol–water partition coefficient (Wildman–Crippen LogP) is 5.34. The van der Waals surface area contributed by atoms with E-state index in [1.165, 1.54) is 25.9 Å². The van der Waals surface area contributed by atoms with E-state index in [2.05, 4.69) is 24.0 Å². The van der Waals surface area contributed by atoms with Crippen LogP contribution in [-0.2, 0) is 25.0 Å². The molecule has 0 N–H and O–H groups in total. The third-order valence-electron chi connectivity index (χ3n) is 4.41. The number of unbranched alkanes of at least 4 members (excludes halogenated alkanes) is 3. The summed E-state index contributed by atoms with van der Waals surface area (Å²) in [4.78, 5) is 17.1. The molecule has 3 unspecified atom stereocenters. The summed E-state index contributed by atoms with van der Waals surface area (Å²) in [7, 11) is -3.25. The molecule has 0 saturated carbocycles. The molecule has 1 aromatic rings. The van der Waals surface area contributed by atoms with Crippen molar-refractivity contribution in [3.05, 3.63) is 11.7 Å². The molecule has 0 aromatic carbocycles. The predicted molar refractivity (Wildman–Crippen MR) is 110 cm³/mol. The van der Waals surface area contributed by atoms with Crippen LogP contribution < -0.4 is 0 Å². The zero-order valence-corrected chi connectivity index (χ0v) is 19.4. The minimum atomic E-state index is -3.25. The van der Waals surface area contributed by atoms with Gasteiger partial charge in [0.05, 0.1) is 6.61 Å². The van der Waals surface area contributed by atoms with E-state index >= 15 is 0 Å². The van der Waals surface area contributed by atoms with Gasteiger partial charge in [0.1, 0.15) is 11.3 Å². The lowest BCUT2D eigenvalue weighted by molar-refractivity contribution is -0.154. The molecule has 0 radical (unpaired) electrons. The number of esters is 1. The van der Waals surface area contributed by atoms with Crippen LogP contribution in [0.15, 0.2) is 4.52 Å². The van der Waals surface area contributed by atoms with Crippen LogP contribution in [0, 0.1) is 0 Å². The molecule has 1 aromatic heterocycles. The number of nitrogens with zero attached hydrogens (tertiary/aromatic N) is 2. The zero-order chi connectivity index (χ0) is 21.4. The lowest BCUT2D eigenvalue weighted by Crippen LogP contribution is -2.33. The van der Waals surface area contributed by atoms with Crippen LogP contribution in [0.5, 0.6) is 0 Å². The highest BCUT2D eigenvalue weighted by atomic mass is 31.2. The summed E-state index contributed by atoms with van der Waals surface area (Å²) < 4.78 is 29.2. The van der Waals surface area contributed by atoms with Crippen LogP contribution >= 0.6 is 7.37 Å². The number of hydrogen-bond donors (Lipinski definition) is 0. The molecule has 1 heterocycles. The maximum absolute atomic E-state index is 13.0. The minimum absolute atomic E-state index is 0.0399. The van der Waals surface area contributed by atoms with Gasteiger partial charge in [-0.3, -0.25) is 9.36 Å². The maximum Gasteiger partial charge on any atom is 0.319 e. The van der Waals surface area contributed by atoms with Gasteiger partial charge in [-0.15, -0.1) is 0 Å². The second kappa shape index (κ2) is 11.1. The molecule has 3 atom stereocenters. The number of aromatic nitrogens is 2. The third-order valence-corrected chi connectivity index (χ3v) is 6.71. The zero-order valence-electron chi connectivity index (χ0n) is 18.5. The fourth-order valence-corrected chi connectivity index (χ4v) is 4.50. The van der Waals surface area contributed by atoms with Gasteiger partial charge in [0, 0.05) is 19.0 Å². The van der Waals surface area contributed by atoms with Crippen LogP contribution in [0.2, 0.25) is 0 Å². The maximum atomic E-state index is 13.0. The summed E-state index contributed by atoms with van der Waals surface area (Å²) in [5.74, 6) is 0.513. The Balaban J connectivity index is 2.87. The Hall–Kier alpha value is -1.20. The van der Waals surface area contributed by atoms with Gasteiger partial charge in [0.2, 0.25) is 13.3 Å². The highest BCUT2D eigenvalue weighted by molar-refractivity contribution is 7.60. The molecule has 28 heavy (non-hydrogen) atoms. The van der Waals surface area contributed by atoms with Crippen molar-refractivity contribution in [3.8, 4) is 0 Å². The highest BCUT2D eigenvalue weighted by Crippen LogP contribution is 2.50. The molecule has 0 bridgehead atoms.